The van der Waals surface area contributed by atoms with E-state index in [4.69, 9.17) is 16.3 Å². The van der Waals surface area contributed by atoms with Crippen molar-refractivity contribution in [3.05, 3.63) is 52.7 Å². The SMILES string of the molecule is COc1ccc(CNS(=O)(=O)c2ccc(C)cc2Cl)cn1. The van der Waals surface area contributed by atoms with Crippen LogP contribution in [0.3, 0.4) is 0 Å². The second-order valence-electron chi connectivity index (χ2n) is 4.47. The molecule has 1 N–H and O–H groups in total. The van der Waals surface area contributed by atoms with Crippen LogP contribution in [0.2, 0.25) is 5.02 Å². The fourth-order valence-corrected chi connectivity index (χ4v) is 3.33. The first-order valence-corrected chi connectivity index (χ1v) is 8.03. The van der Waals surface area contributed by atoms with Gasteiger partial charge in [-0.3, -0.25) is 0 Å². The lowest BCUT2D eigenvalue weighted by Crippen LogP contribution is -2.23. The van der Waals surface area contributed by atoms with Gasteiger partial charge < -0.3 is 4.74 Å². The van der Waals surface area contributed by atoms with Gasteiger partial charge in [0.25, 0.3) is 0 Å². The molecule has 0 bridgehead atoms. The van der Waals surface area contributed by atoms with Gasteiger partial charge in [-0.15, -0.1) is 0 Å². The standard InChI is InChI=1S/C14H15ClN2O3S/c1-10-3-5-13(12(15)7-10)21(18,19)17-9-11-4-6-14(20-2)16-8-11/h3-8,17H,9H2,1-2H3. The summed E-state index contributed by atoms with van der Waals surface area (Å²) in [4.78, 5) is 4.08. The van der Waals surface area contributed by atoms with Crippen molar-refractivity contribution in [3.63, 3.8) is 0 Å². The van der Waals surface area contributed by atoms with E-state index in [9.17, 15) is 8.42 Å². The lowest BCUT2D eigenvalue weighted by Gasteiger charge is -2.09. The highest BCUT2D eigenvalue weighted by Gasteiger charge is 2.17. The molecule has 5 nitrogen and oxygen atoms in total. The molecule has 1 heterocycles. The molecule has 0 aliphatic carbocycles. The summed E-state index contributed by atoms with van der Waals surface area (Å²) in [5.41, 5.74) is 1.63. The fraction of sp³-hybridized carbons (Fsp3) is 0.214. The second kappa shape index (κ2) is 6.43. The van der Waals surface area contributed by atoms with E-state index in [1.165, 1.54) is 13.2 Å². The van der Waals surface area contributed by atoms with E-state index in [-0.39, 0.29) is 16.5 Å². The number of pyridine rings is 1. The summed E-state index contributed by atoms with van der Waals surface area (Å²) < 4.78 is 31.9. The molecule has 0 saturated heterocycles. The predicted octanol–water partition coefficient (Wildman–Crippen LogP) is 2.53. The molecule has 1 aromatic heterocycles. The Morgan fingerprint density at radius 2 is 2.05 bits per heavy atom. The number of sulfonamides is 1. The molecule has 0 fully saturated rings. The molecule has 112 valence electrons. The molecule has 0 aliphatic heterocycles. The summed E-state index contributed by atoms with van der Waals surface area (Å²) in [5.74, 6) is 0.475. The first kappa shape index (κ1) is 15.8. The third-order valence-corrected chi connectivity index (χ3v) is 4.73. The van der Waals surface area contributed by atoms with E-state index in [1.807, 2.05) is 6.92 Å². The highest BCUT2D eigenvalue weighted by Crippen LogP contribution is 2.22. The van der Waals surface area contributed by atoms with Gasteiger partial charge in [-0.1, -0.05) is 23.7 Å². The van der Waals surface area contributed by atoms with Gasteiger partial charge in [0.2, 0.25) is 15.9 Å². The van der Waals surface area contributed by atoms with Gasteiger partial charge in [0, 0.05) is 18.8 Å². The Labute approximate surface area is 129 Å². The lowest BCUT2D eigenvalue weighted by atomic mass is 10.2. The van der Waals surface area contributed by atoms with Crippen LogP contribution < -0.4 is 9.46 Å². The Morgan fingerprint density at radius 1 is 1.29 bits per heavy atom. The van der Waals surface area contributed by atoms with Crippen LogP contribution in [0, 0.1) is 6.92 Å². The Morgan fingerprint density at radius 3 is 2.62 bits per heavy atom. The van der Waals surface area contributed by atoms with Crippen LogP contribution in [0.5, 0.6) is 5.88 Å². The van der Waals surface area contributed by atoms with Crippen molar-refractivity contribution in [2.24, 2.45) is 0 Å². The van der Waals surface area contributed by atoms with Crippen LogP contribution >= 0.6 is 11.6 Å². The molecule has 0 spiro atoms. The van der Waals surface area contributed by atoms with Gasteiger partial charge in [-0.2, -0.15) is 0 Å². The Hall–Kier alpha value is -1.63. The maximum absolute atomic E-state index is 12.2. The average molecular weight is 327 g/mol. The van der Waals surface area contributed by atoms with Crippen molar-refractivity contribution in [2.45, 2.75) is 18.4 Å². The van der Waals surface area contributed by atoms with Gasteiger partial charge in [-0.25, -0.2) is 18.1 Å². The zero-order valence-electron chi connectivity index (χ0n) is 11.6. The van der Waals surface area contributed by atoms with E-state index in [0.29, 0.717) is 5.88 Å². The van der Waals surface area contributed by atoms with E-state index >= 15 is 0 Å². The number of benzene rings is 1. The average Bonchev–Trinajstić information content (AvgIpc) is 2.45. The van der Waals surface area contributed by atoms with E-state index in [0.717, 1.165) is 11.1 Å². The molecule has 7 heteroatoms. The molecule has 2 aromatic rings. The van der Waals surface area contributed by atoms with Gasteiger partial charge in [0.05, 0.1) is 12.1 Å². The number of nitrogens with one attached hydrogen (secondary N) is 1. The first-order valence-electron chi connectivity index (χ1n) is 6.17. The summed E-state index contributed by atoms with van der Waals surface area (Å²) in [5, 5.41) is 0.204. The molecule has 1 aromatic carbocycles. The summed E-state index contributed by atoms with van der Waals surface area (Å²) in [6, 6.07) is 8.22. The molecule has 21 heavy (non-hydrogen) atoms. The lowest BCUT2D eigenvalue weighted by molar-refractivity contribution is 0.397. The molecular formula is C14H15ClN2O3S. The van der Waals surface area contributed by atoms with Crippen molar-refractivity contribution >= 4 is 21.6 Å². The largest absolute Gasteiger partial charge is 0.481 e. The molecule has 0 atom stereocenters. The highest BCUT2D eigenvalue weighted by molar-refractivity contribution is 7.89. The quantitative estimate of drug-likeness (QED) is 0.916. The summed E-state index contributed by atoms with van der Waals surface area (Å²) in [6.45, 7) is 1.97. The van der Waals surface area contributed by atoms with Crippen LogP contribution in [0.25, 0.3) is 0 Å². The monoisotopic (exact) mass is 326 g/mol. The normalized spacial score (nSPS) is 11.4. The zero-order valence-corrected chi connectivity index (χ0v) is 13.2. The summed E-state index contributed by atoms with van der Waals surface area (Å²) >= 11 is 5.99. The molecule has 0 saturated carbocycles. The van der Waals surface area contributed by atoms with Crippen molar-refractivity contribution in [2.75, 3.05) is 7.11 Å². The topological polar surface area (TPSA) is 68.3 Å². The maximum atomic E-state index is 12.2. The molecule has 0 unspecified atom stereocenters. The summed E-state index contributed by atoms with van der Waals surface area (Å²) in [6.07, 6.45) is 1.55. The number of hydrogen-bond acceptors (Lipinski definition) is 4. The van der Waals surface area contributed by atoms with Crippen LogP contribution in [0.15, 0.2) is 41.4 Å². The van der Waals surface area contributed by atoms with Gasteiger partial charge in [0.15, 0.2) is 0 Å². The minimum atomic E-state index is -3.66. The third-order valence-electron chi connectivity index (χ3n) is 2.85. The predicted molar refractivity (Wildman–Crippen MR) is 81.0 cm³/mol. The number of methoxy groups -OCH3 is 1. The molecule has 0 aliphatic rings. The minimum Gasteiger partial charge on any atom is -0.481 e. The van der Waals surface area contributed by atoms with Gasteiger partial charge in [0.1, 0.15) is 4.90 Å². The number of rotatable bonds is 5. The Bertz CT molecular complexity index is 730. The number of aryl methyl sites for hydroxylation is 1. The van der Waals surface area contributed by atoms with E-state index in [2.05, 4.69) is 9.71 Å². The maximum Gasteiger partial charge on any atom is 0.242 e. The smallest absolute Gasteiger partial charge is 0.242 e. The number of aromatic nitrogens is 1. The molecular weight excluding hydrogens is 312 g/mol. The van der Waals surface area contributed by atoms with Crippen molar-refractivity contribution < 1.29 is 13.2 Å². The van der Waals surface area contributed by atoms with Crippen molar-refractivity contribution in [1.29, 1.82) is 0 Å². The number of ether oxygens (including phenoxy) is 1. The Kier molecular flexibility index (Phi) is 4.82. The van der Waals surface area contributed by atoms with Crippen molar-refractivity contribution in [1.82, 2.24) is 9.71 Å². The number of hydrogen-bond donors (Lipinski definition) is 1. The third kappa shape index (κ3) is 3.93. The minimum absolute atomic E-state index is 0.0660. The van der Waals surface area contributed by atoms with Gasteiger partial charge in [-0.05, 0) is 30.2 Å². The van der Waals surface area contributed by atoms with Crippen LogP contribution in [0.1, 0.15) is 11.1 Å². The second-order valence-corrected chi connectivity index (χ2v) is 6.61. The van der Waals surface area contributed by atoms with Crippen LogP contribution in [-0.4, -0.2) is 20.5 Å². The van der Waals surface area contributed by atoms with Crippen molar-refractivity contribution in [3.8, 4) is 5.88 Å². The molecule has 0 radical (unpaired) electrons. The molecule has 2 rings (SSSR count). The van der Waals surface area contributed by atoms with Crippen LogP contribution in [-0.2, 0) is 16.6 Å². The van der Waals surface area contributed by atoms with Crippen LogP contribution in [0.4, 0.5) is 0 Å². The number of nitrogens with zero attached hydrogens (tertiary/aromatic N) is 1. The first-order chi connectivity index (χ1) is 9.92. The van der Waals surface area contributed by atoms with E-state index in [1.54, 1.807) is 30.5 Å². The fourth-order valence-electron chi connectivity index (χ4n) is 1.72. The highest BCUT2D eigenvalue weighted by atomic mass is 35.5. The van der Waals surface area contributed by atoms with E-state index < -0.39 is 10.0 Å². The summed E-state index contributed by atoms with van der Waals surface area (Å²) in [7, 11) is -2.14. The zero-order chi connectivity index (χ0) is 15.5. The number of halogens is 1. The Balaban J connectivity index is 2.13. The molecule has 0 amide bonds. The van der Waals surface area contributed by atoms with Gasteiger partial charge >= 0.3 is 0 Å².